The van der Waals surface area contributed by atoms with Crippen LogP contribution in [0.1, 0.15) is 27.7 Å². The number of nitrogens with one attached hydrogen (secondary N) is 1. The lowest BCUT2D eigenvalue weighted by Crippen LogP contribution is -2.52. The van der Waals surface area contributed by atoms with Crippen molar-refractivity contribution >= 4 is 0 Å². The SMILES string of the molecule is CC(C)(O)COCC1CNCC(C)(C)O1. The minimum absolute atomic E-state index is 0.0797. The van der Waals surface area contributed by atoms with E-state index in [1.54, 1.807) is 13.8 Å². The van der Waals surface area contributed by atoms with Crippen LogP contribution in [0.4, 0.5) is 0 Å². The normalized spacial score (nSPS) is 26.6. The molecule has 15 heavy (non-hydrogen) atoms. The highest BCUT2D eigenvalue weighted by Gasteiger charge is 2.28. The van der Waals surface area contributed by atoms with Crippen molar-refractivity contribution in [3.8, 4) is 0 Å². The van der Waals surface area contributed by atoms with E-state index < -0.39 is 5.60 Å². The van der Waals surface area contributed by atoms with Crippen molar-refractivity contribution < 1.29 is 14.6 Å². The molecule has 0 aromatic rings. The average Bonchev–Trinajstić information content (AvgIpc) is 1.99. The molecule has 0 bridgehead atoms. The molecule has 1 aliphatic rings. The monoisotopic (exact) mass is 217 g/mol. The van der Waals surface area contributed by atoms with Gasteiger partial charge in [-0.1, -0.05) is 0 Å². The van der Waals surface area contributed by atoms with E-state index >= 15 is 0 Å². The van der Waals surface area contributed by atoms with Crippen LogP contribution in [0.5, 0.6) is 0 Å². The van der Waals surface area contributed by atoms with E-state index in [0.29, 0.717) is 13.2 Å². The van der Waals surface area contributed by atoms with E-state index in [2.05, 4.69) is 19.2 Å². The molecule has 0 saturated carbocycles. The number of aliphatic hydroxyl groups is 1. The highest BCUT2D eigenvalue weighted by molar-refractivity contribution is 4.81. The summed E-state index contributed by atoms with van der Waals surface area (Å²) in [6.45, 7) is 10.1. The van der Waals surface area contributed by atoms with Crippen LogP contribution in [-0.4, -0.2) is 48.7 Å². The first-order valence-electron chi connectivity index (χ1n) is 5.47. The molecule has 0 spiro atoms. The van der Waals surface area contributed by atoms with Gasteiger partial charge < -0.3 is 19.9 Å². The average molecular weight is 217 g/mol. The summed E-state index contributed by atoms with van der Waals surface area (Å²) < 4.78 is 11.2. The molecule has 1 rings (SSSR count). The molecule has 4 nitrogen and oxygen atoms in total. The van der Waals surface area contributed by atoms with Crippen molar-refractivity contribution in [1.29, 1.82) is 0 Å². The molecule has 1 fully saturated rings. The zero-order valence-corrected chi connectivity index (χ0v) is 10.2. The number of hydrogen-bond donors (Lipinski definition) is 2. The molecule has 1 aliphatic heterocycles. The second-order valence-corrected chi connectivity index (χ2v) is 5.46. The number of rotatable bonds is 4. The van der Waals surface area contributed by atoms with Gasteiger partial charge in [-0.2, -0.15) is 0 Å². The molecule has 2 N–H and O–H groups in total. The van der Waals surface area contributed by atoms with Gasteiger partial charge in [0.25, 0.3) is 0 Å². The van der Waals surface area contributed by atoms with E-state index in [9.17, 15) is 5.11 Å². The maximum Gasteiger partial charge on any atom is 0.0940 e. The second kappa shape index (κ2) is 4.78. The van der Waals surface area contributed by atoms with Gasteiger partial charge in [-0.3, -0.25) is 0 Å². The van der Waals surface area contributed by atoms with Crippen LogP contribution in [0.25, 0.3) is 0 Å². The molecule has 1 saturated heterocycles. The predicted molar refractivity (Wildman–Crippen MR) is 58.9 cm³/mol. The first-order chi connectivity index (χ1) is 6.79. The molecule has 1 atom stereocenters. The number of ether oxygens (including phenoxy) is 2. The number of morpholine rings is 1. The Labute approximate surface area is 92.0 Å². The van der Waals surface area contributed by atoms with Gasteiger partial charge in [0.2, 0.25) is 0 Å². The molecule has 1 heterocycles. The standard InChI is InChI=1S/C11H23NO3/c1-10(2,13)8-14-6-9-5-12-7-11(3,4)15-9/h9,12-13H,5-8H2,1-4H3. The molecule has 0 amide bonds. The molecule has 0 aromatic heterocycles. The molecular weight excluding hydrogens is 194 g/mol. The summed E-state index contributed by atoms with van der Waals surface area (Å²) in [5.74, 6) is 0. The van der Waals surface area contributed by atoms with Crippen LogP contribution in [0.2, 0.25) is 0 Å². The topological polar surface area (TPSA) is 50.7 Å². The van der Waals surface area contributed by atoms with E-state index in [4.69, 9.17) is 9.47 Å². The van der Waals surface area contributed by atoms with Gasteiger partial charge in [0.1, 0.15) is 0 Å². The summed E-state index contributed by atoms with van der Waals surface area (Å²) in [5, 5.41) is 12.8. The van der Waals surface area contributed by atoms with E-state index in [-0.39, 0.29) is 11.7 Å². The minimum Gasteiger partial charge on any atom is -0.388 e. The molecule has 1 unspecified atom stereocenters. The van der Waals surface area contributed by atoms with Crippen molar-refractivity contribution in [2.45, 2.75) is 45.0 Å². The minimum atomic E-state index is -0.766. The summed E-state index contributed by atoms with van der Waals surface area (Å²) in [6, 6.07) is 0. The lowest BCUT2D eigenvalue weighted by molar-refractivity contribution is -0.130. The van der Waals surface area contributed by atoms with Crippen molar-refractivity contribution in [2.75, 3.05) is 26.3 Å². The van der Waals surface area contributed by atoms with E-state index in [1.165, 1.54) is 0 Å². The third-order valence-electron chi connectivity index (χ3n) is 2.17. The second-order valence-electron chi connectivity index (χ2n) is 5.46. The lowest BCUT2D eigenvalue weighted by Gasteiger charge is -2.36. The van der Waals surface area contributed by atoms with E-state index in [1.807, 2.05) is 0 Å². The first kappa shape index (κ1) is 12.9. The van der Waals surface area contributed by atoms with Gasteiger partial charge in [-0.05, 0) is 27.7 Å². The Morgan fingerprint density at radius 1 is 1.53 bits per heavy atom. The van der Waals surface area contributed by atoms with Gasteiger partial charge in [0.05, 0.1) is 30.5 Å². The Balaban J connectivity index is 2.22. The van der Waals surface area contributed by atoms with Crippen molar-refractivity contribution in [2.24, 2.45) is 0 Å². The molecule has 0 aromatic carbocycles. The van der Waals surface area contributed by atoms with Gasteiger partial charge in [-0.15, -0.1) is 0 Å². The van der Waals surface area contributed by atoms with Crippen LogP contribution >= 0.6 is 0 Å². The van der Waals surface area contributed by atoms with Gasteiger partial charge in [-0.25, -0.2) is 0 Å². The lowest BCUT2D eigenvalue weighted by atomic mass is 10.1. The van der Waals surface area contributed by atoms with Gasteiger partial charge >= 0.3 is 0 Å². The largest absolute Gasteiger partial charge is 0.388 e. The highest BCUT2D eigenvalue weighted by atomic mass is 16.6. The zero-order valence-electron chi connectivity index (χ0n) is 10.2. The fraction of sp³-hybridized carbons (Fsp3) is 1.00. The Kier molecular flexibility index (Phi) is 4.12. The summed E-state index contributed by atoms with van der Waals surface area (Å²) in [7, 11) is 0. The molecule has 0 radical (unpaired) electrons. The van der Waals surface area contributed by atoms with Crippen molar-refractivity contribution in [3.05, 3.63) is 0 Å². The Hall–Kier alpha value is -0.160. The summed E-state index contributed by atoms with van der Waals surface area (Å²) >= 11 is 0. The first-order valence-corrected chi connectivity index (χ1v) is 5.47. The Bertz CT molecular complexity index is 198. The maximum atomic E-state index is 9.47. The van der Waals surface area contributed by atoms with Crippen molar-refractivity contribution in [3.63, 3.8) is 0 Å². The fourth-order valence-electron chi connectivity index (χ4n) is 1.60. The van der Waals surface area contributed by atoms with Crippen molar-refractivity contribution in [1.82, 2.24) is 5.32 Å². The van der Waals surface area contributed by atoms with Crippen LogP contribution in [0.3, 0.4) is 0 Å². The third kappa shape index (κ3) is 5.47. The molecule has 90 valence electrons. The summed E-state index contributed by atoms with van der Waals surface area (Å²) in [5.41, 5.74) is -0.890. The smallest absolute Gasteiger partial charge is 0.0940 e. The Morgan fingerprint density at radius 3 is 2.73 bits per heavy atom. The predicted octanol–water partition coefficient (Wildman–Crippen LogP) is 0.541. The van der Waals surface area contributed by atoms with Gasteiger partial charge in [0.15, 0.2) is 0 Å². The highest BCUT2D eigenvalue weighted by Crippen LogP contribution is 2.15. The quantitative estimate of drug-likeness (QED) is 0.721. The fourth-order valence-corrected chi connectivity index (χ4v) is 1.60. The van der Waals surface area contributed by atoms with Crippen LogP contribution in [0.15, 0.2) is 0 Å². The zero-order chi connectivity index (χ0) is 11.5. The molecular formula is C11H23NO3. The van der Waals surface area contributed by atoms with Crippen LogP contribution in [-0.2, 0) is 9.47 Å². The molecule has 4 heteroatoms. The van der Waals surface area contributed by atoms with Crippen LogP contribution < -0.4 is 5.32 Å². The maximum absolute atomic E-state index is 9.47. The summed E-state index contributed by atoms with van der Waals surface area (Å²) in [6.07, 6.45) is 0.0797. The Morgan fingerprint density at radius 2 is 2.20 bits per heavy atom. The van der Waals surface area contributed by atoms with E-state index in [0.717, 1.165) is 13.1 Å². The van der Waals surface area contributed by atoms with Crippen LogP contribution in [0, 0.1) is 0 Å². The van der Waals surface area contributed by atoms with Gasteiger partial charge in [0, 0.05) is 13.1 Å². The third-order valence-corrected chi connectivity index (χ3v) is 2.17. The number of hydrogen-bond acceptors (Lipinski definition) is 4. The molecule has 0 aliphatic carbocycles. The summed E-state index contributed by atoms with van der Waals surface area (Å²) in [4.78, 5) is 0.